The van der Waals surface area contributed by atoms with Crippen molar-refractivity contribution in [2.75, 3.05) is 5.73 Å². The second-order valence-electron chi connectivity index (χ2n) is 5.54. The van der Waals surface area contributed by atoms with Crippen LogP contribution in [0.4, 0.5) is 5.95 Å². The lowest BCUT2D eigenvalue weighted by atomic mass is 10.2. The highest BCUT2D eigenvalue weighted by molar-refractivity contribution is 5.70. The summed E-state index contributed by atoms with van der Waals surface area (Å²) in [6.45, 7) is 2.10. The number of nitrogens with two attached hydrogens (primary N) is 1. The molecule has 0 aliphatic heterocycles. The van der Waals surface area contributed by atoms with Gasteiger partial charge in [0.25, 0.3) is 0 Å². The first-order chi connectivity index (χ1) is 9.24. The maximum Gasteiger partial charge on any atom is 0.220 e. The second-order valence-corrected chi connectivity index (χ2v) is 5.54. The zero-order valence-electron chi connectivity index (χ0n) is 11.1. The van der Waals surface area contributed by atoms with Crippen LogP contribution in [0.25, 0.3) is 11.4 Å². The number of imidazole rings is 1. The van der Waals surface area contributed by atoms with Gasteiger partial charge in [-0.05, 0) is 19.8 Å². The highest BCUT2D eigenvalue weighted by Crippen LogP contribution is 2.41. The van der Waals surface area contributed by atoms with Gasteiger partial charge in [0, 0.05) is 24.2 Å². The van der Waals surface area contributed by atoms with Crippen LogP contribution in [-0.2, 0) is 6.42 Å². The summed E-state index contributed by atoms with van der Waals surface area (Å²) in [7, 11) is 0. The van der Waals surface area contributed by atoms with Gasteiger partial charge in [-0.1, -0.05) is 12.8 Å². The number of fused-ring (bicyclic) bond motifs is 3. The van der Waals surface area contributed by atoms with E-state index in [0.29, 0.717) is 12.0 Å². The van der Waals surface area contributed by atoms with Crippen molar-refractivity contribution in [3.63, 3.8) is 0 Å². The molecule has 19 heavy (non-hydrogen) atoms. The minimum atomic E-state index is 0.350. The Kier molecular flexibility index (Phi) is 2.19. The Bertz CT molecular complexity index is 652. The van der Waals surface area contributed by atoms with Crippen molar-refractivity contribution in [1.82, 2.24) is 19.5 Å². The molecule has 1 fully saturated rings. The topological polar surface area (TPSA) is 69.6 Å². The van der Waals surface area contributed by atoms with E-state index in [1.807, 2.05) is 6.20 Å². The molecule has 0 bridgehead atoms. The maximum atomic E-state index is 5.75. The second kappa shape index (κ2) is 3.79. The summed E-state index contributed by atoms with van der Waals surface area (Å²) in [5.74, 6) is 1.46. The van der Waals surface area contributed by atoms with Crippen LogP contribution in [-0.4, -0.2) is 19.5 Å². The fourth-order valence-electron chi connectivity index (χ4n) is 3.52. The highest BCUT2D eigenvalue weighted by atomic mass is 15.1. The van der Waals surface area contributed by atoms with Crippen molar-refractivity contribution in [3.8, 4) is 11.4 Å². The summed E-state index contributed by atoms with van der Waals surface area (Å²) in [6.07, 6.45) is 7.81. The Balaban J connectivity index is 1.92. The van der Waals surface area contributed by atoms with Gasteiger partial charge in [0.1, 0.15) is 5.82 Å². The van der Waals surface area contributed by atoms with E-state index in [1.165, 1.54) is 31.4 Å². The van der Waals surface area contributed by atoms with Crippen LogP contribution in [0.3, 0.4) is 0 Å². The van der Waals surface area contributed by atoms with E-state index in [1.54, 1.807) is 0 Å². The molecule has 2 heterocycles. The maximum absolute atomic E-state index is 5.75. The van der Waals surface area contributed by atoms with Crippen molar-refractivity contribution < 1.29 is 0 Å². The molecule has 0 aromatic carbocycles. The molecule has 2 aliphatic rings. The summed E-state index contributed by atoms with van der Waals surface area (Å²) in [5.41, 5.74) is 10.2. The molecule has 2 aromatic heterocycles. The zero-order chi connectivity index (χ0) is 13.0. The largest absolute Gasteiger partial charge is 0.368 e. The van der Waals surface area contributed by atoms with E-state index < -0.39 is 0 Å². The van der Waals surface area contributed by atoms with Crippen LogP contribution in [0, 0.1) is 6.92 Å². The van der Waals surface area contributed by atoms with Gasteiger partial charge in [0.05, 0.1) is 17.1 Å². The number of hydrogen-bond acceptors (Lipinski definition) is 4. The fourth-order valence-corrected chi connectivity index (χ4v) is 3.52. The molecular weight excluding hydrogens is 238 g/mol. The van der Waals surface area contributed by atoms with Crippen molar-refractivity contribution in [2.24, 2.45) is 0 Å². The average molecular weight is 255 g/mol. The van der Waals surface area contributed by atoms with E-state index in [2.05, 4.69) is 21.5 Å². The van der Waals surface area contributed by atoms with Crippen molar-refractivity contribution in [2.45, 2.75) is 45.1 Å². The minimum absolute atomic E-state index is 0.350. The van der Waals surface area contributed by atoms with E-state index in [9.17, 15) is 0 Å². The van der Waals surface area contributed by atoms with Crippen LogP contribution in [0.15, 0.2) is 6.20 Å². The number of anilines is 1. The summed E-state index contributed by atoms with van der Waals surface area (Å²) < 4.78 is 2.39. The first-order valence-corrected chi connectivity index (χ1v) is 6.93. The normalized spacial score (nSPS) is 17.7. The van der Waals surface area contributed by atoms with E-state index in [0.717, 1.165) is 29.2 Å². The molecule has 1 saturated carbocycles. The summed E-state index contributed by atoms with van der Waals surface area (Å²) in [6, 6.07) is 0.582. The molecule has 0 unspecified atom stereocenters. The third kappa shape index (κ3) is 1.50. The van der Waals surface area contributed by atoms with Crippen molar-refractivity contribution in [3.05, 3.63) is 23.3 Å². The highest BCUT2D eigenvalue weighted by Gasteiger charge is 2.31. The van der Waals surface area contributed by atoms with E-state index in [4.69, 9.17) is 10.7 Å². The number of hydrogen-bond donors (Lipinski definition) is 1. The zero-order valence-corrected chi connectivity index (χ0v) is 11.1. The van der Waals surface area contributed by atoms with Crippen LogP contribution in [0.2, 0.25) is 0 Å². The number of nitrogen functional groups attached to an aromatic ring is 1. The van der Waals surface area contributed by atoms with Crippen molar-refractivity contribution >= 4 is 5.95 Å². The number of nitrogens with zero attached hydrogens (tertiary/aromatic N) is 4. The predicted octanol–water partition coefficient (Wildman–Crippen LogP) is 2.25. The number of aromatic nitrogens is 4. The molecule has 0 spiro atoms. The lowest BCUT2D eigenvalue weighted by Gasteiger charge is -2.16. The molecule has 2 N–H and O–H groups in total. The Hall–Kier alpha value is -1.91. The SMILES string of the molecule is Cc1nc2c(n1C1CCCC1)-c1nc(N)ncc1C2. The smallest absolute Gasteiger partial charge is 0.220 e. The van der Waals surface area contributed by atoms with Gasteiger partial charge >= 0.3 is 0 Å². The first-order valence-electron chi connectivity index (χ1n) is 6.93. The quantitative estimate of drug-likeness (QED) is 0.724. The molecule has 0 amide bonds. The minimum Gasteiger partial charge on any atom is -0.368 e. The molecule has 0 atom stereocenters. The fraction of sp³-hybridized carbons (Fsp3) is 0.500. The molecule has 0 saturated heterocycles. The molecule has 2 aliphatic carbocycles. The third-order valence-corrected chi connectivity index (χ3v) is 4.31. The summed E-state index contributed by atoms with van der Waals surface area (Å²) in [4.78, 5) is 13.3. The standard InChI is InChI=1S/C14H17N5/c1-8-17-11-6-9-7-16-14(15)18-12(9)13(11)19(8)10-4-2-3-5-10/h7,10H,2-6H2,1H3,(H2,15,16,18). The van der Waals surface area contributed by atoms with Crippen LogP contribution in [0.5, 0.6) is 0 Å². The summed E-state index contributed by atoms with van der Waals surface area (Å²) in [5, 5.41) is 0. The van der Waals surface area contributed by atoms with Crippen LogP contribution in [0.1, 0.15) is 48.8 Å². The Morgan fingerprint density at radius 2 is 2.05 bits per heavy atom. The van der Waals surface area contributed by atoms with Crippen molar-refractivity contribution in [1.29, 1.82) is 0 Å². The molecule has 4 rings (SSSR count). The first kappa shape index (κ1) is 11.0. The molecule has 2 aromatic rings. The van der Waals surface area contributed by atoms with E-state index >= 15 is 0 Å². The van der Waals surface area contributed by atoms with Gasteiger partial charge in [-0.3, -0.25) is 0 Å². The molecule has 0 radical (unpaired) electrons. The molecular formula is C14H17N5. The predicted molar refractivity (Wildman–Crippen MR) is 72.7 cm³/mol. The molecule has 98 valence electrons. The van der Waals surface area contributed by atoms with Gasteiger partial charge in [0.15, 0.2) is 0 Å². The Morgan fingerprint density at radius 3 is 2.84 bits per heavy atom. The van der Waals surface area contributed by atoms with Crippen LogP contribution < -0.4 is 5.73 Å². The van der Waals surface area contributed by atoms with Gasteiger partial charge in [-0.2, -0.15) is 0 Å². The summed E-state index contributed by atoms with van der Waals surface area (Å²) >= 11 is 0. The average Bonchev–Trinajstić information content (AvgIpc) is 3.04. The monoisotopic (exact) mass is 255 g/mol. The van der Waals surface area contributed by atoms with Gasteiger partial charge in [-0.25, -0.2) is 15.0 Å². The van der Waals surface area contributed by atoms with Gasteiger partial charge < -0.3 is 10.3 Å². The van der Waals surface area contributed by atoms with E-state index in [-0.39, 0.29) is 0 Å². The lowest BCUT2D eigenvalue weighted by Crippen LogP contribution is -2.09. The lowest BCUT2D eigenvalue weighted by molar-refractivity contribution is 0.510. The van der Waals surface area contributed by atoms with Gasteiger partial charge in [-0.15, -0.1) is 0 Å². The Morgan fingerprint density at radius 1 is 1.26 bits per heavy atom. The number of rotatable bonds is 1. The molecule has 5 heteroatoms. The molecule has 5 nitrogen and oxygen atoms in total. The number of aryl methyl sites for hydroxylation is 1. The third-order valence-electron chi connectivity index (χ3n) is 4.31. The van der Waals surface area contributed by atoms with Crippen LogP contribution >= 0.6 is 0 Å². The van der Waals surface area contributed by atoms with Gasteiger partial charge in [0.2, 0.25) is 5.95 Å². The Labute approximate surface area is 111 Å².